The van der Waals surface area contributed by atoms with E-state index in [1.165, 1.54) is 0 Å². The molecule has 7 rings (SSSR count). The summed E-state index contributed by atoms with van der Waals surface area (Å²) in [6.07, 6.45) is 8.69. The summed E-state index contributed by atoms with van der Waals surface area (Å²) in [5.41, 5.74) is 12.0. The van der Waals surface area contributed by atoms with Crippen molar-refractivity contribution in [2.75, 3.05) is 42.6 Å². The van der Waals surface area contributed by atoms with Gasteiger partial charge in [0, 0.05) is 73.6 Å². The summed E-state index contributed by atoms with van der Waals surface area (Å²) in [6.45, 7) is 15.8. The number of Topliss-reactive ketones (excluding diaryl/α,β-unsaturated/α-hetero) is 1. The number of esters is 1. The number of carbonyl (C=O) groups excluding carboxylic acids is 3. The minimum atomic E-state index is -0.686. The Morgan fingerprint density at radius 3 is 2.58 bits per heavy atom. The smallest absolute Gasteiger partial charge is 0.316 e. The van der Waals surface area contributed by atoms with E-state index in [1.807, 2.05) is 22.5 Å². The average molecular weight is 751 g/mol. The van der Waals surface area contributed by atoms with Crippen molar-refractivity contribution < 1.29 is 24.2 Å². The number of ether oxygens (including phenoxy) is 1. The van der Waals surface area contributed by atoms with Gasteiger partial charge in [0.1, 0.15) is 11.9 Å². The summed E-state index contributed by atoms with van der Waals surface area (Å²) in [5.74, 6) is 0.993. The van der Waals surface area contributed by atoms with Gasteiger partial charge in [-0.15, -0.1) is 18.3 Å². The first-order chi connectivity index (χ1) is 25.2. The van der Waals surface area contributed by atoms with E-state index in [1.54, 1.807) is 18.1 Å². The Balaban J connectivity index is 0.942. The second-order valence-corrected chi connectivity index (χ2v) is 18.5. The Labute approximate surface area is 317 Å². The number of hydrogen-bond acceptors (Lipinski definition) is 12. The van der Waals surface area contributed by atoms with Crippen LogP contribution < -0.4 is 16.4 Å². The van der Waals surface area contributed by atoms with Crippen molar-refractivity contribution in [3.05, 3.63) is 19.0 Å². The van der Waals surface area contributed by atoms with E-state index in [9.17, 15) is 19.5 Å². The van der Waals surface area contributed by atoms with Crippen LogP contribution in [0.5, 0.6) is 0 Å². The predicted molar refractivity (Wildman–Crippen MR) is 206 cm³/mol. The van der Waals surface area contributed by atoms with Crippen molar-refractivity contribution >= 4 is 52.4 Å². The molecule has 2 aliphatic heterocycles. The Hall–Kier alpha value is -3.23. The summed E-state index contributed by atoms with van der Waals surface area (Å²) in [7, 11) is 0. The number of fused-ring (bicyclic) bond motifs is 1. The monoisotopic (exact) mass is 750 g/mol. The molecule has 290 valence electrons. The molecular formula is C39H58N8O5S. The van der Waals surface area contributed by atoms with Crippen LogP contribution in [0.4, 0.5) is 11.8 Å². The second-order valence-electron chi connectivity index (χ2n) is 17.2. The van der Waals surface area contributed by atoms with E-state index in [4.69, 9.17) is 16.2 Å². The number of amides is 1. The van der Waals surface area contributed by atoms with Crippen LogP contribution in [0.3, 0.4) is 0 Å². The first kappa shape index (κ1) is 38.1. The SMILES string of the molecule is C=C[C@]1(C)C[C@@H](OC(=O)CSC2CCN(C(=O)CCn3cnc4c(N5CCC(N)C5)nc(N)nc43)CC2)[C@]2(C)[C@H](C)CC[C@]3(CCC(=O)[C@@H]32)[C@@H](C)[C@@H]1O. The van der Waals surface area contributed by atoms with Gasteiger partial charge >= 0.3 is 5.97 Å². The third-order valence-corrected chi connectivity index (χ3v) is 15.7. The third-order valence-electron chi connectivity index (χ3n) is 14.4. The van der Waals surface area contributed by atoms with Crippen LogP contribution in [0.25, 0.3) is 11.2 Å². The highest BCUT2D eigenvalue weighted by Crippen LogP contribution is 2.68. The van der Waals surface area contributed by atoms with E-state index in [0.29, 0.717) is 62.4 Å². The number of hydrogen-bond donors (Lipinski definition) is 3. The lowest BCUT2D eigenvalue weighted by Crippen LogP contribution is -2.63. The van der Waals surface area contributed by atoms with Gasteiger partial charge in [0.15, 0.2) is 17.0 Å². The van der Waals surface area contributed by atoms with Gasteiger partial charge in [0.25, 0.3) is 0 Å². The maximum absolute atomic E-state index is 13.7. The van der Waals surface area contributed by atoms with E-state index >= 15 is 0 Å². The number of aliphatic hydroxyl groups is 1. The molecule has 2 saturated heterocycles. The molecule has 4 heterocycles. The van der Waals surface area contributed by atoms with Crippen LogP contribution in [0.2, 0.25) is 0 Å². The molecule has 2 bridgehead atoms. The number of nitrogens with two attached hydrogens (primary N) is 2. The first-order valence-electron chi connectivity index (χ1n) is 19.6. The quantitative estimate of drug-likeness (QED) is 0.248. The van der Waals surface area contributed by atoms with Gasteiger partial charge in [-0.3, -0.25) is 14.4 Å². The molecule has 2 aromatic rings. The number of aromatic nitrogens is 4. The topological polar surface area (TPSA) is 183 Å². The van der Waals surface area contributed by atoms with Gasteiger partial charge in [-0.2, -0.15) is 9.97 Å². The fourth-order valence-electron chi connectivity index (χ4n) is 10.8. The number of thioether (sulfide) groups is 1. The number of nitrogen functional groups attached to an aromatic ring is 1. The zero-order valence-electron chi connectivity index (χ0n) is 31.8. The summed E-state index contributed by atoms with van der Waals surface area (Å²) >= 11 is 1.59. The first-order valence-corrected chi connectivity index (χ1v) is 20.7. The molecule has 0 aromatic carbocycles. The molecule has 5 fully saturated rings. The van der Waals surface area contributed by atoms with Gasteiger partial charge in [0.05, 0.1) is 18.2 Å². The number of ketones is 1. The number of carbonyl (C=O) groups is 3. The number of aryl methyl sites for hydroxylation is 1. The molecule has 1 amide bonds. The molecule has 13 nitrogen and oxygen atoms in total. The highest BCUT2D eigenvalue weighted by atomic mass is 32.2. The van der Waals surface area contributed by atoms with Gasteiger partial charge < -0.3 is 35.7 Å². The van der Waals surface area contributed by atoms with Crippen molar-refractivity contribution in [1.29, 1.82) is 0 Å². The third kappa shape index (κ3) is 6.64. The number of nitrogens with zero attached hydrogens (tertiary/aromatic N) is 6. The number of likely N-dealkylation sites (tertiary alicyclic amines) is 1. The second kappa shape index (κ2) is 14.4. The molecule has 53 heavy (non-hydrogen) atoms. The molecule has 3 saturated carbocycles. The zero-order valence-corrected chi connectivity index (χ0v) is 32.7. The standard InChI is InChI=1S/C39H58N8O5S/c1-6-37(4)19-28(38(5)23(2)7-13-39(24(3)33(37)51)14-8-27(48)32(38)39)52-30(50)21-53-26-10-16-45(17-11-26)29(49)12-18-47-22-42-31-34(43-36(41)44-35(31)47)46-15-9-25(40)20-46/h6,22-26,28,32-33,51H,1,7-21,40H2,2-5H3,(H2,41,43,44)/t23-,24+,25?,28-,32-,33+,37-,38+,39+/m1/s1. The van der Waals surface area contributed by atoms with E-state index < -0.39 is 23.0 Å². The summed E-state index contributed by atoms with van der Waals surface area (Å²) in [4.78, 5) is 58.1. The Morgan fingerprint density at radius 1 is 1.13 bits per heavy atom. The normalized spacial score (nSPS) is 36.3. The van der Waals surface area contributed by atoms with Crippen LogP contribution in [-0.2, 0) is 25.7 Å². The Bertz CT molecular complexity index is 1750. The summed E-state index contributed by atoms with van der Waals surface area (Å²) < 4.78 is 8.31. The minimum Gasteiger partial charge on any atom is -0.461 e. The van der Waals surface area contributed by atoms with Crippen molar-refractivity contribution in [3.63, 3.8) is 0 Å². The van der Waals surface area contributed by atoms with Crippen LogP contribution in [-0.4, -0.2) is 103 Å². The number of rotatable bonds is 9. The van der Waals surface area contributed by atoms with Crippen LogP contribution in [0.15, 0.2) is 19.0 Å². The van der Waals surface area contributed by atoms with Gasteiger partial charge in [-0.1, -0.05) is 33.8 Å². The Morgan fingerprint density at radius 2 is 1.89 bits per heavy atom. The largest absolute Gasteiger partial charge is 0.461 e. The average Bonchev–Trinajstić information content (AvgIpc) is 3.87. The zero-order chi connectivity index (χ0) is 37.9. The summed E-state index contributed by atoms with van der Waals surface area (Å²) in [5, 5.41) is 12.0. The fraction of sp³-hybridized carbons (Fsp3) is 0.744. The molecule has 14 heteroatoms. The summed E-state index contributed by atoms with van der Waals surface area (Å²) in [6, 6.07) is 0.0853. The maximum atomic E-state index is 13.7. The van der Waals surface area contributed by atoms with Crippen molar-refractivity contribution in [3.8, 4) is 0 Å². The van der Waals surface area contributed by atoms with Crippen LogP contribution >= 0.6 is 11.8 Å². The predicted octanol–water partition coefficient (Wildman–Crippen LogP) is 3.97. The molecule has 0 spiro atoms. The number of anilines is 2. The van der Waals surface area contributed by atoms with Gasteiger partial charge in [-0.25, -0.2) is 4.98 Å². The lowest BCUT2D eigenvalue weighted by atomic mass is 9.44. The molecule has 9 atom stereocenters. The van der Waals surface area contributed by atoms with Crippen LogP contribution in [0, 0.1) is 34.0 Å². The lowest BCUT2D eigenvalue weighted by Gasteiger charge is -2.61. The van der Waals surface area contributed by atoms with E-state index in [-0.39, 0.29) is 63.8 Å². The molecule has 5 N–H and O–H groups in total. The van der Waals surface area contributed by atoms with E-state index in [0.717, 1.165) is 45.1 Å². The molecule has 5 aliphatic rings. The minimum absolute atomic E-state index is 0.0633. The molecule has 2 aromatic heterocycles. The molecule has 1 unspecified atom stereocenters. The van der Waals surface area contributed by atoms with Crippen molar-refractivity contribution in [2.45, 2.75) is 116 Å². The van der Waals surface area contributed by atoms with Crippen molar-refractivity contribution in [2.24, 2.45) is 39.7 Å². The van der Waals surface area contributed by atoms with Crippen molar-refractivity contribution in [1.82, 2.24) is 24.4 Å². The highest BCUT2D eigenvalue weighted by molar-refractivity contribution is 8.00. The molecule has 0 radical (unpaired) electrons. The Kier molecular flexibility index (Phi) is 10.4. The number of imidazole rings is 1. The molecule has 3 aliphatic carbocycles. The maximum Gasteiger partial charge on any atom is 0.316 e. The van der Waals surface area contributed by atoms with Crippen LogP contribution in [0.1, 0.15) is 85.5 Å². The van der Waals surface area contributed by atoms with E-state index in [2.05, 4.69) is 47.2 Å². The van der Waals surface area contributed by atoms with Gasteiger partial charge in [0.2, 0.25) is 11.9 Å². The number of aliphatic hydroxyl groups excluding tert-OH is 1. The fourth-order valence-corrected chi connectivity index (χ4v) is 11.8. The lowest BCUT2D eigenvalue weighted by molar-refractivity contribution is -0.205. The van der Waals surface area contributed by atoms with Gasteiger partial charge in [-0.05, 0) is 62.2 Å². The molecular weight excluding hydrogens is 693 g/mol. The highest BCUT2D eigenvalue weighted by Gasteiger charge is 2.68. The number of piperidine rings is 1.